The van der Waals surface area contributed by atoms with E-state index in [0.717, 1.165) is 24.9 Å². The van der Waals surface area contributed by atoms with Crippen molar-refractivity contribution in [3.05, 3.63) is 12.2 Å². The summed E-state index contributed by atoms with van der Waals surface area (Å²) in [6.07, 6.45) is 12.5. The number of nitrogens with zero attached hydrogens (tertiary/aromatic N) is 5. The van der Waals surface area contributed by atoms with Crippen LogP contribution in [0.5, 0.6) is 0 Å². The standard InChI is InChI=1S/C19H35N7/c1-3-20-18(21-14-17-24-23-16-25(17)2)22-15-19(10-6-4-7-11-19)26-12-8-5-9-13-26/h16H,3-15H2,1-2H3,(H2,20,21,22). The summed E-state index contributed by atoms with van der Waals surface area (Å²) < 4.78 is 1.92. The van der Waals surface area contributed by atoms with Crippen LogP contribution < -0.4 is 10.6 Å². The number of aromatic nitrogens is 3. The number of aliphatic imine (C=N–C) groups is 1. The van der Waals surface area contributed by atoms with E-state index >= 15 is 0 Å². The van der Waals surface area contributed by atoms with Crippen molar-refractivity contribution >= 4 is 5.96 Å². The zero-order valence-electron chi connectivity index (χ0n) is 16.5. The van der Waals surface area contributed by atoms with Gasteiger partial charge in [-0.25, -0.2) is 4.99 Å². The third-order valence-corrected chi connectivity index (χ3v) is 5.92. The lowest BCUT2D eigenvalue weighted by Gasteiger charge is -2.48. The summed E-state index contributed by atoms with van der Waals surface area (Å²) in [6, 6.07) is 0. The molecule has 0 aromatic carbocycles. The van der Waals surface area contributed by atoms with Gasteiger partial charge < -0.3 is 15.2 Å². The highest BCUT2D eigenvalue weighted by molar-refractivity contribution is 5.79. The molecule has 1 saturated carbocycles. The van der Waals surface area contributed by atoms with Crippen LogP contribution in [0.1, 0.15) is 64.1 Å². The van der Waals surface area contributed by atoms with Gasteiger partial charge in [-0.3, -0.25) is 4.90 Å². The molecule has 1 aromatic rings. The van der Waals surface area contributed by atoms with Crippen LogP contribution in [0, 0.1) is 0 Å². The molecule has 3 rings (SSSR count). The molecular weight excluding hydrogens is 326 g/mol. The number of nitrogens with one attached hydrogen (secondary N) is 2. The fourth-order valence-corrected chi connectivity index (χ4v) is 4.37. The fraction of sp³-hybridized carbons (Fsp3) is 0.842. The lowest BCUT2D eigenvalue weighted by molar-refractivity contribution is 0.0368. The number of hydrogen-bond acceptors (Lipinski definition) is 4. The summed E-state index contributed by atoms with van der Waals surface area (Å²) in [5.74, 6) is 1.77. The first-order chi connectivity index (χ1) is 12.7. The Bertz CT molecular complexity index is 568. The molecule has 7 nitrogen and oxygen atoms in total. The molecule has 0 atom stereocenters. The molecule has 2 N–H and O–H groups in total. The molecule has 7 heteroatoms. The van der Waals surface area contributed by atoms with Gasteiger partial charge in [-0.1, -0.05) is 25.7 Å². The molecule has 146 valence electrons. The van der Waals surface area contributed by atoms with Crippen molar-refractivity contribution in [2.75, 3.05) is 26.2 Å². The molecule has 0 amide bonds. The van der Waals surface area contributed by atoms with E-state index in [0.29, 0.717) is 12.1 Å². The number of guanidine groups is 1. The number of hydrogen-bond donors (Lipinski definition) is 2. The number of piperidine rings is 1. The zero-order chi connectivity index (χ0) is 18.2. The van der Waals surface area contributed by atoms with Crippen LogP contribution in [-0.4, -0.2) is 57.3 Å². The van der Waals surface area contributed by atoms with Crippen molar-refractivity contribution < 1.29 is 0 Å². The SMILES string of the molecule is CCNC(=NCc1nncn1C)NCC1(N2CCCCC2)CCCCC1. The van der Waals surface area contributed by atoms with Crippen LogP contribution in [-0.2, 0) is 13.6 Å². The molecular formula is C19H35N7. The molecule has 1 aliphatic carbocycles. The summed E-state index contributed by atoms with van der Waals surface area (Å²) >= 11 is 0. The first-order valence-corrected chi connectivity index (χ1v) is 10.3. The molecule has 0 unspecified atom stereocenters. The Labute approximate surface area is 157 Å². The molecule has 0 spiro atoms. The highest BCUT2D eigenvalue weighted by atomic mass is 15.3. The van der Waals surface area contributed by atoms with Gasteiger partial charge in [0.1, 0.15) is 12.9 Å². The van der Waals surface area contributed by atoms with E-state index in [9.17, 15) is 0 Å². The van der Waals surface area contributed by atoms with E-state index < -0.39 is 0 Å². The van der Waals surface area contributed by atoms with Crippen LogP contribution in [0.25, 0.3) is 0 Å². The second-order valence-corrected chi connectivity index (χ2v) is 7.74. The molecule has 1 aliphatic heterocycles. The van der Waals surface area contributed by atoms with Gasteiger partial charge in [0.15, 0.2) is 11.8 Å². The summed E-state index contributed by atoms with van der Waals surface area (Å²) in [7, 11) is 1.96. The van der Waals surface area contributed by atoms with E-state index in [1.807, 2.05) is 11.6 Å². The number of rotatable bonds is 6. The smallest absolute Gasteiger partial charge is 0.191 e. The van der Waals surface area contributed by atoms with Gasteiger partial charge in [0.2, 0.25) is 0 Å². The molecule has 2 aliphatic rings. The Kier molecular flexibility index (Phi) is 6.88. The van der Waals surface area contributed by atoms with Crippen LogP contribution in [0.3, 0.4) is 0 Å². The minimum Gasteiger partial charge on any atom is -0.357 e. The maximum Gasteiger partial charge on any atom is 0.191 e. The van der Waals surface area contributed by atoms with Crippen LogP contribution in [0.4, 0.5) is 0 Å². The molecule has 2 fully saturated rings. The van der Waals surface area contributed by atoms with E-state index in [2.05, 4.69) is 32.7 Å². The van der Waals surface area contributed by atoms with Gasteiger partial charge in [-0.05, 0) is 45.7 Å². The lowest BCUT2D eigenvalue weighted by Crippen LogP contribution is -2.59. The molecule has 1 aromatic heterocycles. The van der Waals surface area contributed by atoms with Crippen molar-refractivity contribution in [3.63, 3.8) is 0 Å². The molecule has 2 heterocycles. The highest BCUT2D eigenvalue weighted by Gasteiger charge is 2.38. The summed E-state index contributed by atoms with van der Waals surface area (Å²) in [6.45, 7) is 7.02. The fourth-order valence-electron chi connectivity index (χ4n) is 4.37. The molecule has 0 bridgehead atoms. The van der Waals surface area contributed by atoms with Gasteiger partial charge in [0.05, 0.1) is 0 Å². The first-order valence-electron chi connectivity index (χ1n) is 10.3. The van der Waals surface area contributed by atoms with Crippen LogP contribution in [0.2, 0.25) is 0 Å². The van der Waals surface area contributed by atoms with Crippen molar-refractivity contribution in [3.8, 4) is 0 Å². The van der Waals surface area contributed by atoms with Gasteiger partial charge >= 0.3 is 0 Å². The average Bonchev–Trinajstić information content (AvgIpc) is 3.10. The quantitative estimate of drug-likeness (QED) is 0.599. The average molecular weight is 362 g/mol. The Morgan fingerprint density at radius 2 is 1.85 bits per heavy atom. The van der Waals surface area contributed by atoms with Crippen molar-refractivity contribution in [1.29, 1.82) is 0 Å². The third kappa shape index (κ3) is 4.75. The predicted octanol–water partition coefficient (Wildman–Crippen LogP) is 2.06. The van der Waals surface area contributed by atoms with Gasteiger partial charge in [-0.2, -0.15) is 0 Å². The topological polar surface area (TPSA) is 70.4 Å². The van der Waals surface area contributed by atoms with Gasteiger partial charge in [-0.15, -0.1) is 10.2 Å². The third-order valence-electron chi connectivity index (χ3n) is 5.92. The Morgan fingerprint density at radius 3 is 2.50 bits per heavy atom. The summed E-state index contributed by atoms with van der Waals surface area (Å²) in [5, 5.41) is 15.1. The van der Waals surface area contributed by atoms with Crippen molar-refractivity contribution in [2.24, 2.45) is 12.0 Å². The van der Waals surface area contributed by atoms with E-state index in [-0.39, 0.29) is 0 Å². The minimum atomic E-state index is 0.305. The number of likely N-dealkylation sites (tertiary alicyclic amines) is 1. The zero-order valence-corrected chi connectivity index (χ0v) is 16.5. The first kappa shape index (κ1) is 19.1. The van der Waals surface area contributed by atoms with Crippen molar-refractivity contribution in [1.82, 2.24) is 30.3 Å². The minimum absolute atomic E-state index is 0.305. The van der Waals surface area contributed by atoms with Crippen LogP contribution >= 0.6 is 0 Å². The van der Waals surface area contributed by atoms with Crippen LogP contribution in [0.15, 0.2) is 11.3 Å². The lowest BCUT2D eigenvalue weighted by atomic mass is 9.79. The van der Waals surface area contributed by atoms with Crippen molar-refractivity contribution in [2.45, 2.75) is 70.4 Å². The second kappa shape index (κ2) is 9.35. The monoisotopic (exact) mass is 361 g/mol. The van der Waals surface area contributed by atoms with Gasteiger partial charge in [0.25, 0.3) is 0 Å². The highest BCUT2D eigenvalue weighted by Crippen LogP contribution is 2.35. The second-order valence-electron chi connectivity index (χ2n) is 7.74. The largest absolute Gasteiger partial charge is 0.357 e. The summed E-state index contributed by atoms with van der Waals surface area (Å²) in [4.78, 5) is 7.50. The predicted molar refractivity (Wildman–Crippen MR) is 105 cm³/mol. The molecule has 0 radical (unpaired) electrons. The Balaban J connectivity index is 1.65. The van der Waals surface area contributed by atoms with Gasteiger partial charge in [0, 0.05) is 25.7 Å². The van der Waals surface area contributed by atoms with E-state index in [4.69, 9.17) is 4.99 Å². The number of aryl methyl sites for hydroxylation is 1. The summed E-state index contributed by atoms with van der Waals surface area (Å²) in [5.41, 5.74) is 0.305. The maximum absolute atomic E-state index is 4.73. The maximum atomic E-state index is 4.73. The molecule has 26 heavy (non-hydrogen) atoms. The van der Waals surface area contributed by atoms with E-state index in [1.54, 1.807) is 6.33 Å². The Hall–Kier alpha value is -1.63. The van der Waals surface area contributed by atoms with E-state index in [1.165, 1.54) is 64.5 Å². The Morgan fingerprint density at radius 1 is 1.12 bits per heavy atom. The molecule has 1 saturated heterocycles. The normalized spacial score (nSPS) is 21.5.